The number of amides is 2. The van der Waals surface area contributed by atoms with E-state index in [4.69, 9.17) is 9.53 Å². The normalized spacial score (nSPS) is 23.2. The van der Waals surface area contributed by atoms with Gasteiger partial charge < -0.3 is 14.8 Å². The van der Waals surface area contributed by atoms with E-state index < -0.39 is 17.2 Å². The van der Waals surface area contributed by atoms with Gasteiger partial charge in [0, 0.05) is 6.54 Å². The van der Waals surface area contributed by atoms with E-state index in [2.05, 4.69) is 16.2 Å². The molecule has 0 aromatic carbocycles. The van der Waals surface area contributed by atoms with Crippen LogP contribution in [0.3, 0.4) is 0 Å². The van der Waals surface area contributed by atoms with E-state index in [0.29, 0.717) is 6.54 Å². The Kier molecular flexibility index (Phi) is 5.09. The van der Waals surface area contributed by atoms with Gasteiger partial charge in [-0.2, -0.15) is 0 Å². The van der Waals surface area contributed by atoms with Crippen molar-refractivity contribution in [3.05, 3.63) is 0 Å². The van der Waals surface area contributed by atoms with Crippen LogP contribution >= 0.6 is 0 Å². The smallest absolute Gasteiger partial charge is 0.408 e. The summed E-state index contributed by atoms with van der Waals surface area (Å²) in [6.07, 6.45) is -0.594. The molecule has 0 bridgehead atoms. The summed E-state index contributed by atoms with van der Waals surface area (Å²) in [4.78, 5) is 30.8. The Morgan fingerprint density at radius 1 is 1.47 bits per heavy atom. The maximum Gasteiger partial charge on any atom is 0.408 e. The highest BCUT2D eigenvalue weighted by molar-refractivity contribution is 5.91. The molecule has 0 radical (unpaired) electrons. The van der Waals surface area contributed by atoms with E-state index in [9.17, 15) is 9.59 Å². The summed E-state index contributed by atoms with van der Waals surface area (Å²) >= 11 is 0. The number of hydrogen-bond donors (Lipinski definition) is 3. The molecule has 0 saturated carbocycles. The highest BCUT2D eigenvalue weighted by Gasteiger charge is 2.40. The van der Waals surface area contributed by atoms with Crippen LogP contribution in [0, 0.1) is 0 Å². The number of rotatable bonds is 1. The molecule has 0 aromatic heterocycles. The van der Waals surface area contributed by atoms with E-state index in [1.807, 2.05) is 6.79 Å². The minimum Gasteiger partial charge on any atom is -0.444 e. The van der Waals surface area contributed by atoms with Crippen molar-refractivity contribution >= 4 is 18.8 Å². The molecule has 1 heterocycles. The van der Waals surface area contributed by atoms with E-state index in [1.165, 1.54) is 0 Å². The minimum absolute atomic E-state index is 0.270. The zero-order valence-electron chi connectivity index (χ0n) is 10.5. The molecule has 1 aliphatic heterocycles. The SMILES string of the molecule is C=O.CC(C)(C)OC(=O)NC1(C)CNNC1=O. The van der Waals surface area contributed by atoms with E-state index in [-0.39, 0.29) is 5.91 Å². The van der Waals surface area contributed by atoms with Gasteiger partial charge in [0.05, 0.1) is 0 Å². The van der Waals surface area contributed by atoms with Crippen molar-refractivity contribution in [2.45, 2.75) is 38.8 Å². The van der Waals surface area contributed by atoms with Crippen molar-refractivity contribution in [2.75, 3.05) is 6.54 Å². The zero-order chi connectivity index (χ0) is 13.7. The fraction of sp³-hybridized carbons (Fsp3) is 0.700. The lowest BCUT2D eigenvalue weighted by atomic mass is 10.0. The second-order valence-electron chi connectivity index (χ2n) is 4.77. The molecule has 1 saturated heterocycles. The molecule has 98 valence electrons. The van der Waals surface area contributed by atoms with Crippen LogP contribution in [-0.4, -0.2) is 36.5 Å². The van der Waals surface area contributed by atoms with Gasteiger partial charge >= 0.3 is 6.09 Å². The van der Waals surface area contributed by atoms with Gasteiger partial charge in [-0.15, -0.1) is 0 Å². The van der Waals surface area contributed by atoms with Crippen molar-refractivity contribution in [2.24, 2.45) is 0 Å². The van der Waals surface area contributed by atoms with E-state index in [0.717, 1.165) is 0 Å². The lowest BCUT2D eigenvalue weighted by Gasteiger charge is -2.25. The van der Waals surface area contributed by atoms with Crippen LogP contribution in [0.15, 0.2) is 0 Å². The number of hydrogen-bond acceptors (Lipinski definition) is 5. The summed E-state index contributed by atoms with van der Waals surface area (Å²) in [5.74, 6) is -0.270. The molecule has 1 unspecified atom stereocenters. The Morgan fingerprint density at radius 2 is 2.00 bits per heavy atom. The Bertz CT molecular complexity index is 300. The zero-order valence-corrected chi connectivity index (χ0v) is 10.5. The number of carbonyl (C=O) groups excluding carboxylic acids is 3. The maximum atomic E-state index is 11.4. The summed E-state index contributed by atoms with van der Waals surface area (Å²) in [5, 5.41) is 2.53. The summed E-state index contributed by atoms with van der Waals surface area (Å²) in [6, 6.07) is 0. The van der Waals surface area contributed by atoms with Gasteiger partial charge in [-0.3, -0.25) is 10.2 Å². The van der Waals surface area contributed by atoms with Gasteiger partial charge in [0.25, 0.3) is 5.91 Å². The second kappa shape index (κ2) is 5.62. The molecule has 17 heavy (non-hydrogen) atoms. The van der Waals surface area contributed by atoms with Crippen LogP contribution in [0.4, 0.5) is 4.79 Å². The monoisotopic (exact) mass is 245 g/mol. The second-order valence-corrected chi connectivity index (χ2v) is 4.77. The fourth-order valence-corrected chi connectivity index (χ4v) is 1.15. The first-order chi connectivity index (χ1) is 7.73. The molecule has 1 fully saturated rings. The van der Waals surface area contributed by atoms with Crippen molar-refractivity contribution < 1.29 is 19.1 Å². The number of nitrogens with one attached hydrogen (secondary N) is 3. The molecule has 1 aliphatic rings. The largest absolute Gasteiger partial charge is 0.444 e. The third-order valence-corrected chi connectivity index (χ3v) is 1.92. The Morgan fingerprint density at radius 3 is 2.35 bits per heavy atom. The maximum absolute atomic E-state index is 11.4. The molecule has 7 heteroatoms. The highest BCUT2D eigenvalue weighted by Crippen LogP contribution is 2.11. The number of hydrazine groups is 1. The molecule has 0 aliphatic carbocycles. The van der Waals surface area contributed by atoms with Crippen LogP contribution in [0.5, 0.6) is 0 Å². The average Bonchev–Trinajstić information content (AvgIpc) is 2.46. The highest BCUT2D eigenvalue weighted by atomic mass is 16.6. The molecular formula is C10H19N3O4. The van der Waals surface area contributed by atoms with Crippen molar-refractivity contribution in [1.82, 2.24) is 16.2 Å². The third kappa shape index (κ3) is 4.81. The number of carbonyl (C=O) groups is 3. The fourth-order valence-electron chi connectivity index (χ4n) is 1.15. The van der Waals surface area contributed by atoms with Crippen molar-refractivity contribution in [1.29, 1.82) is 0 Å². The van der Waals surface area contributed by atoms with Crippen LogP contribution in [-0.2, 0) is 14.3 Å². The lowest BCUT2D eigenvalue weighted by Crippen LogP contribution is -2.54. The first kappa shape index (κ1) is 15.4. The quantitative estimate of drug-likeness (QED) is 0.590. The van der Waals surface area contributed by atoms with Gasteiger partial charge in [-0.25, -0.2) is 10.2 Å². The van der Waals surface area contributed by atoms with Gasteiger partial charge in [0.1, 0.15) is 17.9 Å². The van der Waals surface area contributed by atoms with Crippen LogP contribution in [0.1, 0.15) is 27.7 Å². The lowest BCUT2D eigenvalue weighted by molar-refractivity contribution is -0.124. The number of ether oxygens (including phenoxy) is 1. The predicted molar refractivity (Wildman–Crippen MR) is 61.0 cm³/mol. The molecule has 3 N–H and O–H groups in total. The molecule has 0 spiro atoms. The van der Waals surface area contributed by atoms with Crippen LogP contribution in [0.2, 0.25) is 0 Å². The first-order valence-electron chi connectivity index (χ1n) is 5.06. The van der Waals surface area contributed by atoms with Gasteiger partial charge in [-0.1, -0.05) is 0 Å². The first-order valence-corrected chi connectivity index (χ1v) is 5.06. The standard InChI is InChI=1S/C9H17N3O3.CH2O/c1-8(2,3)15-7(14)11-9(4)5-10-12-6(9)13;1-2/h10H,5H2,1-4H3,(H,11,14)(H,12,13);1H2. The summed E-state index contributed by atoms with van der Waals surface area (Å²) in [6.45, 7) is 9.27. The predicted octanol–water partition coefficient (Wildman–Crippen LogP) is -0.281. The van der Waals surface area contributed by atoms with Crippen molar-refractivity contribution in [3.8, 4) is 0 Å². The van der Waals surface area contributed by atoms with Crippen LogP contribution in [0.25, 0.3) is 0 Å². The molecule has 7 nitrogen and oxygen atoms in total. The average molecular weight is 245 g/mol. The molecule has 2 amide bonds. The summed E-state index contributed by atoms with van der Waals surface area (Å²) in [7, 11) is 0. The van der Waals surface area contributed by atoms with E-state index >= 15 is 0 Å². The molecule has 0 aromatic rings. The minimum atomic E-state index is -0.942. The Hall–Kier alpha value is -1.63. The Balaban J connectivity index is 0.00000121. The van der Waals surface area contributed by atoms with Gasteiger partial charge in [0.15, 0.2) is 0 Å². The number of alkyl carbamates (subject to hydrolysis) is 1. The van der Waals surface area contributed by atoms with E-state index in [1.54, 1.807) is 27.7 Å². The molecular weight excluding hydrogens is 226 g/mol. The van der Waals surface area contributed by atoms with Crippen LogP contribution < -0.4 is 16.2 Å². The van der Waals surface area contributed by atoms with Gasteiger partial charge in [-0.05, 0) is 27.7 Å². The topological polar surface area (TPSA) is 96.5 Å². The van der Waals surface area contributed by atoms with Gasteiger partial charge in [0.2, 0.25) is 0 Å². The summed E-state index contributed by atoms with van der Waals surface area (Å²) in [5.41, 5.74) is 3.57. The third-order valence-electron chi connectivity index (χ3n) is 1.92. The van der Waals surface area contributed by atoms with Crippen molar-refractivity contribution in [3.63, 3.8) is 0 Å². The molecule has 1 atom stereocenters. The molecule has 1 rings (SSSR count). The Labute approximate surface area is 100 Å². The summed E-state index contributed by atoms with van der Waals surface area (Å²) < 4.78 is 5.06.